The number of rotatable bonds is 4. The van der Waals surface area contributed by atoms with Crippen LogP contribution in [0, 0.1) is 3.57 Å². The summed E-state index contributed by atoms with van der Waals surface area (Å²) in [6.45, 7) is 0.207. The molecule has 0 saturated heterocycles. The van der Waals surface area contributed by atoms with Crippen molar-refractivity contribution in [3.63, 3.8) is 0 Å². The zero-order valence-electron chi connectivity index (χ0n) is 10.9. The lowest BCUT2D eigenvalue weighted by molar-refractivity contribution is 0.287. The quantitative estimate of drug-likeness (QED) is 0.685. The van der Waals surface area contributed by atoms with Crippen LogP contribution in [0.3, 0.4) is 0 Å². The number of ether oxygens (including phenoxy) is 1. The van der Waals surface area contributed by atoms with Gasteiger partial charge in [0, 0.05) is 3.57 Å². The molecule has 21 heavy (non-hydrogen) atoms. The third-order valence-electron chi connectivity index (χ3n) is 2.77. The molecular weight excluding hydrogens is 383 g/mol. The molecule has 0 unspecified atom stereocenters. The minimum absolute atomic E-state index is 0.106. The van der Waals surface area contributed by atoms with Crippen molar-refractivity contribution in [2.45, 2.75) is 6.61 Å². The molecule has 1 aromatic heterocycles. The summed E-state index contributed by atoms with van der Waals surface area (Å²) in [4.78, 5) is 4.23. The molecule has 5 nitrogen and oxygen atoms in total. The molecule has 2 aromatic carbocycles. The molecule has 1 N–H and O–H groups in total. The van der Waals surface area contributed by atoms with E-state index in [1.807, 2.05) is 30.3 Å². The van der Waals surface area contributed by atoms with Crippen LogP contribution < -0.4 is 4.74 Å². The summed E-state index contributed by atoms with van der Waals surface area (Å²) in [5, 5.41) is 13.7. The van der Waals surface area contributed by atoms with E-state index < -0.39 is 0 Å². The maximum atomic E-state index is 9.84. The number of phenolic OH excluding ortho intramolecular Hbond substituents is 1. The lowest BCUT2D eigenvalue weighted by Crippen LogP contribution is -1.97. The Morgan fingerprint density at radius 3 is 2.76 bits per heavy atom. The largest absolute Gasteiger partial charge is 0.507 e. The first kappa shape index (κ1) is 13.9. The van der Waals surface area contributed by atoms with Gasteiger partial charge in [0.15, 0.2) is 6.61 Å². The zero-order chi connectivity index (χ0) is 14.7. The first-order chi connectivity index (χ1) is 10.2. The second-order valence-corrected chi connectivity index (χ2v) is 5.52. The zero-order valence-corrected chi connectivity index (χ0v) is 13.0. The van der Waals surface area contributed by atoms with Crippen LogP contribution in [-0.4, -0.2) is 15.2 Å². The number of aromatic hydroxyl groups is 1. The molecule has 6 heteroatoms. The van der Waals surface area contributed by atoms with Crippen LogP contribution >= 0.6 is 22.6 Å². The van der Waals surface area contributed by atoms with Gasteiger partial charge in [-0.25, -0.2) is 0 Å². The highest BCUT2D eigenvalue weighted by Crippen LogP contribution is 2.29. The molecule has 3 rings (SSSR count). The molecule has 0 radical (unpaired) electrons. The number of nitrogens with zero attached hydrogens (tertiary/aromatic N) is 2. The monoisotopic (exact) mass is 394 g/mol. The van der Waals surface area contributed by atoms with Crippen molar-refractivity contribution >= 4 is 22.6 Å². The van der Waals surface area contributed by atoms with Crippen LogP contribution in [0.25, 0.3) is 11.5 Å². The number of halogens is 1. The lowest BCUT2D eigenvalue weighted by Gasteiger charge is -2.01. The number of phenols is 1. The van der Waals surface area contributed by atoms with E-state index >= 15 is 0 Å². The van der Waals surface area contributed by atoms with Gasteiger partial charge in [-0.3, -0.25) is 0 Å². The fourth-order valence-corrected chi connectivity index (χ4v) is 2.26. The summed E-state index contributed by atoms with van der Waals surface area (Å²) in [5.41, 5.74) is 0.514. The molecular formula is C15H11IN2O3. The summed E-state index contributed by atoms with van der Waals surface area (Å²) >= 11 is 2.15. The maximum absolute atomic E-state index is 9.84. The summed E-state index contributed by atoms with van der Waals surface area (Å²) in [5.74, 6) is 1.54. The van der Waals surface area contributed by atoms with Crippen molar-refractivity contribution < 1.29 is 14.4 Å². The minimum atomic E-state index is 0.106. The second-order valence-electron chi connectivity index (χ2n) is 4.28. The standard InChI is InChI=1S/C15H11IN2O3/c16-10-6-7-13(19)12(8-10)15-17-14(18-21-15)9-20-11-4-2-1-3-5-11/h1-8,19H,9H2. The van der Waals surface area contributed by atoms with E-state index in [0.717, 1.165) is 9.32 Å². The van der Waals surface area contributed by atoms with Crippen LogP contribution in [0.15, 0.2) is 53.1 Å². The smallest absolute Gasteiger partial charge is 0.261 e. The predicted octanol–water partition coefficient (Wildman–Crippen LogP) is 3.63. The van der Waals surface area contributed by atoms with Crippen molar-refractivity contribution in [3.05, 3.63) is 57.9 Å². The number of hydrogen-bond donors (Lipinski definition) is 1. The normalized spacial score (nSPS) is 10.5. The molecule has 3 aromatic rings. The van der Waals surface area contributed by atoms with E-state index in [4.69, 9.17) is 9.26 Å². The second kappa shape index (κ2) is 6.13. The minimum Gasteiger partial charge on any atom is -0.507 e. The third-order valence-corrected chi connectivity index (χ3v) is 3.44. The Kier molecular flexibility index (Phi) is 4.05. The highest BCUT2D eigenvalue weighted by molar-refractivity contribution is 14.1. The van der Waals surface area contributed by atoms with Gasteiger partial charge in [-0.15, -0.1) is 0 Å². The van der Waals surface area contributed by atoms with Gasteiger partial charge in [-0.2, -0.15) is 4.98 Å². The topological polar surface area (TPSA) is 68.4 Å². The van der Waals surface area contributed by atoms with Crippen LogP contribution in [0.5, 0.6) is 11.5 Å². The van der Waals surface area contributed by atoms with E-state index in [-0.39, 0.29) is 18.2 Å². The fourth-order valence-electron chi connectivity index (χ4n) is 1.77. The molecule has 0 spiro atoms. The van der Waals surface area contributed by atoms with Gasteiger partial charge in [-0.1, -0.05) is 23.4 Å². The number of para-hydroxylation sites is 1. The average Bonchev–Trinajstić information content (AvgIpc) is 2.97. The first-order valence-electron chi connectivity index (χ1n) is 6.22. The Morgan fingerprint density at radius 2 is 1.95 bits per heavy atom. The van der Waals surface area contributed by atoms with E-state index in [1.165, 1.54) is 0 Å². The van der Waals surface area contributed by atoms with E-state index in [9.17, 15) is 5.11 Å². The van der Waals surface area contributed by atoms with Gasteiger partial charge in [0.05, 0.1) is 5.56 Å². The summed E-state index contributed by atoms with van der Waals surface area (Å²) in [6.07, 6.45) is 0. The number of aromatic nitrogens is 2. The predicted molar refractivity (Wildman–Crippen MR) is 84.9 cm³/mol. The molecule has 0 atom stereocenters. The van der Waals surface area contributed by atoms with Gasteiger partial charge in [0.25, 0.3) is 5.89 Å². The summed E-state index contributed by atoms with van der Waals surface area (Å²) in [7, 11) is 0. The van der Waals surface area contributed by atoms with Crippen molar-refractivity contribution in [2.75, 3.05) is 0 Å². The van der Waals surface area contributed by atoms with E-state index in [1.54, 1.807) is 18.2 Å². The van der Waals surface area contributed by atoms with E-state index in [2.05, 4.69) is 32.7 Å². The van der Waals surface area contributed by atoms with Crippen LogP contribution in [-0.2, 0) is 6.61 Å². The maximum Gasteiger partial charge on any atom is 0.261 e. The summed E-state index contributed by atoms with van der Waals surface area (Å²) < 4.78 is 11.7. The number of benzene rings is 2. The molecule has 0 fully saturated rings. The summed E-state index contributed by atoms with van der Waals surface area (Å²) in [6, 6.07) is 14.6. The third kappa shape index (κ3) is 3.33. The van der Waals surface area contributed by atoms with Crippen LogP contribution in [0.1, 0.15) is 5.82 Å². The Balaban J connectivity index is 1.76. The van der Waals surface area contributed by atoms with Crippen LogP contribution in [0.4, 0.5) is 0 Å². The van der Waals surface area contributed by atoms with Crippen molar-refractivity contribution in [3.8, 4) is 23.0 Å². The Morgan fingerprint density at radius 1 is 1.14 bits per heavy atom. The molecule has 0 amide bonds. The van der Waals surface area contributed by atoms with Gasteiger partial charge >= 0.3 is 0 Å². The Hall–Kier alpha value is -2.09. The molecule has 0 aliphatic carbocycles. The van der Waals surface area contributed by atoms with Gasteiger partial charge in [0.1, 0.15) is 11.5 Å². The van der Waals surface area contributed by atoms with Gasteiger partial charge < -0.3 is 14.4 Å². The fraction of sp³-hybridized carbons (Fsp3) is 0.0667. The van der Waals surface area contributed by atoms with Gasteiger partial charge in [0.2, 0.25) is 5.82 Å². The molecule has 1 heterocycles. The molecule has 0 saturated carbocycles. The highest BCUT2D eigenvalue weighted by atomic mass is 127. The SMILES string of the molecule is Oc1ccc(I)cc1-c1nc(COc2ccccc2)no1. The van der Waals surface area contributed by atoms with Crippen LogP contribution in [0.2, 0.25) is 0 Å². The molecule has 0 aliphatic heterocycles. The lowest BCUT2D eigenvalue weighted by atomic mass is 10.2. The van der Waals surface area contributed by atoms with Crippen molar-refractivity contribution in [2.24, 2.45) is 0 Å². The molecule has 0 aliphatic rings. The molecule has 106 valence electrons. The van der Waals surface area contributed by atoms with E-state index in [0.29, 0.717) is 11.4 Å². The van der Waals surface area contributed by atoms with Crippen molar-refractivity contribution in [1.82, 2.24) is 10.1 Å². The Bertz CT molecular complexity index is 744. The first-order valence-corrected chi connectivity index (χ1v) is 7.29. The molecule has 0 bridgehead atoms. The van der Waals surface area contributed by atoms with Crippen molar-refractivity contribution in [1.29, 1.82) is 0 Å². The Labute approximate surface area is 134 Å². The van der Waals surface area contributed by atoms with Gasteiger partial charge in [-0.05, 0) is 52.9 Å². The average molecular weight is 394 g/mol. The highest BCUT2D eigenvalue weighted by Gasteiger charge is 2.13. The number of hydrogen-bond acceptors (Lipinski definition) is 5.